The summed E-state index contributed by atoms with van der Waals surface area (Å²) in [5, 5.41) is 19.8. The van der Waals surface area contributed by atoms with Gasteiger partial charge < -0.3 is 28.8 Å². The molecular formula is C22H22F2N2O8. The van der Waals surface area contributed by atoms with Crippen molar-refractivity contribution in [1.82, 2.24) is 9.55 Å². The van der Waals surface area contributed by atoms with Crippen LogP contribution in [-0.2, 0) is 33.9 Å². The molecule has 3 aromatic rings. The quantitative estimate of drug-likeness (QED) is 0.485. The minimum atomic E-state index is -3.68. The smallest absolute Gasteiger partial charge is 0.350 e. The van der Waals surface area contributed by atoms with Crippen molar-refractivity contribution in [2.24, 2.45) is 0 Å². The minimum absolute atomic E-state index is 0.0121. The molecule has 1 aliphatic heterocycles. The molecule has 182 valence electrons. The van der Waals surface area contributed by atoms with Crippen molar-refractivity contribution in [2.45, 2.75) is 50.9 Å². The third-order valence-corrected chi connectivity index (χ3v) is 5.48. The van der Waals surface area contributed by atoms with Crippen LogP contribution in [0.4, 0.5) is 8.78 Å². The summed E-state index contributed by atoms with van der Waals surface area (Å²) < 4.78 is 50.0. The monoisotopic (exact) mass is 480 g/mol. The molecule has 0 radical (unpaired) electrons. The number of aliphatic hydroxyl groups is 2. The largest absolute Gasteiger partial charge is 0.497 e. The van der Waals surface area contributed by atoms with Gasteiger partial charge in [-0.05, 0) is 31.2 Å². The van der Waals surface area contributed by atoms with E-state index in [9.17, 15) is 28.6 Å². The van der Waals surface area contributed by atoms with Crippen molar-refractivity contribution in [3.63, 3.8) is 0 Å². The number of ether oxygens (including phenoxy) is 3. The summed E-state index contributed by atoms with van der Waals surface area (Å²) in [6, 6.07) is 6.20. The first kappa shape index (κ1) is 23.8. The summed E-state index contributed by atoms with van der Waals surface area (Å²) in [5.74, 6) is -3.55. The zero-order valence-electron chi connectivity index (χ0n) is 18.2. The predicted octanol–water partition coefficient (Wildman–Crippen LogP) is 1.69. The number of esters is 1. The van der Waals surface area contributed by atoms with Crippen LogP contribution in [-0.4, -0.2) is 51.0 Å². The lowest BCUT2D eigenvalue weighted by Crippen LogP contribution is -2.41. The highest BCUT2D eigenvalue weighted by molar-refractivity contribution is 5.83. The molecule has 1 aromatic carbocycles. The Labute approximate surface area is 191 Å². The number of rotatable bonds is 7. The molecule has 2 aromatic heterocycles. The Balaban J connectivity index is 1.42. The number of alkyl halides is 2. The molecule has 4 rings (SSSR count). The summed E-state index contributed by atoms with van der Waals surface area (Å²) in [4.78, 5) is 28.1. The fourth-order valence-corrected chi connectivity index (χ4v) is 3.71. The molecule has 0 aliphatic carbocycles. The van der Waals surface area contributed by atoms with E-state index in [0.717, 1.165) is 6.20 Å². The maximum Gasteiger partial charge on any atom is 0.350 e. The van der Waals surface area contributed by atoms with Crippen molar-refractivity contribution < 1.29 is 42.4 Å². The summed E-state index contributed by atoms with van der Waals surface area (Å²) in [6.45, 7) is 0.785. The Morgan fingerprint density at radius 2 is 2.09 bits per heavy atom. The van der Waals surface area contributed by atoms with E-state index in [2.05, 4.69) is 4.98 Å². The number of benzene rings is 1. The highest BCUT2D eigenvalue weighted by Gasteiger charge is 2.58. The fraction of sp³-hybridized carbons (Fsp3) is 0.409. The zero-order valence-corrected chi connectivity index (χ0v) is 18.2. The second-order valence-electron chi connectivity index (χ2n) is 7.83. The molecule has 2 N–H and O–H groups in total. The van der Waals surface area contributed by atoms with Crippen LogP contribution >= 0.6 is 0 Å². The second kappa shape index (κ2) is 9.12. The average molecular weight is 480 g/mol. The van der Waals surface area contributed by atoms with E-state index in [1.54, 1.807) is 18.2 Å². The van der Waals surface area contributed by atoms with Crippen LogP contribution in [0.3, 0.4) is 0 Å². The topological polar surface area (TPSA) is 133 Å². The van der Waals surface area contributed by atoms with Crippen LogP contribution in [0.25, 0.3) is 11.0 Å². The minimum Gasteiger partial charge on any atom is -0.497 e. The van der Waals surface area contributed by atoms with Gasteiger partial charge in [0.25, 0.3) is 0 Å². The van der Waals surface area contributed by atoms with Crippen molar-refractivity contribution in [3.05, 3.63) is 58.0 Å². The molecule has 34 heavy (non-hydrogen) atoms. The Morgan fingerprint density at radius 3 is 2.71 bits per heavy atom. The third kappa shape index (κ3) is 4.39. The Kier molecular flexibility index (Phi) is 6.39. The number of halogens is 2. The van der Waals surface area contributed by atoms with Crippen molar-refractivity contribution in [2.75, 3.05) is 7.11 Å². The molecule has 0 amide bonds. The molecule has 0 unspecified atom stereocenters. The molecule has 0 bridgehead atoms. The molecular weight excluding hydrogens is 458 g/mol. The van der Waals surface area contributed by atoms with E-state index < -0.39 is 36.0 Å². The maximum atomic E-state index is 14.2. The normalized spacial score (nSPS) is 21.6. The van der Waals surface area contributed by atoms with Crippen LogP contribution in [0.15, 0.2) is 39.7 Å². The zero-order chi connectivity index (χ0) is 24.6. The standard InChI is InChI=1S/C22H22F2N2O8/c1-11-19(29)22(23,24)20(33-11)26-4-3-14(25-21(26)30)8-17(28)32-10-16-6-12-5-15(31-2)7-13(9-27)18(12)34-16/h3-7,11,19-20,27,29H,8-10H2,1-2H3/t11-,19-,20-/m1/s1. The molecule has 0 spiro atoms. The molecule has 1 fully saturated rings. The number of hydrogen-bond acceptors (Lipinski definition) is 9. The van der Waals surface area contributed by atoms with Crippen LogP contribution < -0.4 is 10.4 Å². The number of fused-ring (bicyclic) bond motifs is 1. The number of carbonyl (C=O) groups is 1. The van der Waals surface area contributed by atoms with Gasteiger partial charge in [-0.15, -0.1) is 0 Å². The number of nitrogens with zero attached hydrogens (tertiary/aromatic N) is 2. The molecule has 1 saturated heterocycles. The van der Waals surface area contributed by atoms with Crippen molar-refractivity contribution >= 4 is 16.9 Å². The maximum absolute atomic E-state index is 14.2. The second-order valence-corrected chi connectivity index (χ2v) is 7.83. The first-order valence-electron chi connectivity index (χ1n) is 10.3. The number of hydrogen-bond donors (Lipinski definition) is 2. The number of aromatic nitrogens is 2. The van der Waals surface area contributed by atoms with Crippen LogP contribution in [0.2, 0.25) is 0 Å². The van der Waals surface area contributed by atoms with Crippen LogP contribution in [0.1, 0.15) is 30.2 Å². The highest BCUT2D eigenvalue weighted by atomic mass is 19.3. The van der Waals surface area contributed by atoms with Crippen LogP contribution in [0, 0.1) is 0 Å². The SMILES string of the molecule is COc1cc(CO)c2oc(COC(=O)Cc3ccn([C@@H]4O[C@H](C)[C@@H](O)C4(F)F)c(=O)n3)cc2c1. The predicted molar refractivity (Wildman–Crippen MR) is 111 cm³/mol. The van der Waals surface area contributed by atoms with E-state index in [4.69, 9.17) is 18.6 Å². The van der Waals surface area contributed by atoms with E-state index in [1.807, 2.05) is 0 Å². The highest BCUT2D eigenvalue weighted by Crippen LogP contribution is 2.41. The van der Waals surface area contributed by atoms with Crippen LogP contribution in [0.5, 0.6) is 5.75 Å². The van der Waals surface area contributed by atoms with Crippen molar-refractivity contribution in [1.29, 1.82) is 0 Å². The van der Waals surface area contributed by atoms with Gasteiger partial charge in [0.05, 0.1) is 31.9 Å². The van der Waals surface area contributed by atoms with Gasteiger partial charge >= 0.3 is 17.6 Å². The van der Waals surface area contributed by atoms with E-state index in [0.29, 0.717) is 32.6 Å². The Bertz CT molecular complexity index is 1270. The summed E-state index contributed by atoms with van der Waals surface area (Å²) in [7, 11) is 1.49. The lowest BCUT2D eigenvalue weighted by molar-refractivity contribution is -0.144. The summed E-state index contributed by atoms with van der Waals surface area (Å²) >= 11 is 0. The molecule has 12 heteroatoms. The number of carbonyl (C=O) groups excluding carboxylic acids is 1. The van der Waals surface area contributed by atoms with Gasteiger partial charge in [-0.1, -0.05) is 0 Å². The summed E-state index contributed by atoms with van der Waals surface area (Å²) in [5.41, 5.74) is -0.0995. The first-order valence-corrected chi connectivity index (χ1v) is 10.3. The molecule has 3 atom stereocenters. The van der Waals surface area contributed by atoms with E-state index in [1.165, 1.54) is 20.1 Å². The summed E-state index contributed by atoms with van der Waals surface area (Å²) in [6.07, 6.45) is -4.59. The van der Waals surface area contributed by atoms with Crippen molar-refractivity contribution in [3.8, 4) is 5.75 Å². The van der Waals surface area contributed by atoms with Gasteiger partial charge in [0.1, 0.15) is 29.8 Å². The molecule has 0 saturated carbocycles. The average Bonchev–Trinajstić information content (AvgIpc) is 3.31. The number of furan rings is 1. The van der Waals surface area contributed by atoms with Gasteiger partial charge in [0, 0.05) is 17.1 Å². The first-order chi connectivity index (χ1) is 16.1. The fourth-order valence-electron chi connectivity index (χ4n) is 3.71. The Morgan fingerprint density at radius 1 is 1.32 bits per heavy atom. The third-order valence-electron chi connectivity index (χ3n) is 5.48. The lowest BCUT2D eigenvalue weighted by Gasteiger charge is -2.21. The van der Waals surface area contributed by atoms with E-state index >= 15 is 0 Å². The molecule has 1 aliphatic rings. The number of methoxy groups -OCH3 is 1. The Hall–Kier alpha value is -3.35. The van der Waals surface area contributed by atoms with Gasteiger partial charge in [-0.25, -0.2) is 4.79 Å². The molecule has 10 nitrogen and oxygen atoms in total. The lowest BCUT2D eigenvalue weighted by atomic mass is 10.1. The number of aliphatic hydroxyl groups excluding tert-OH is 2. The van der Waals surface area contributed by atoms with Gasteiger partial charge in [0.15, 0.2) is 0 Å². The van der Waals surface area contributed by atoms with Gasteiger partial charge in [-0.3, -0.25) is 9.36 Å². The van der Waals surface area contributed by atoms with Gasteiger partial charge in [-0.2, -0.15) is 13.8 Å². The molecule has 3 heterocycles. The van der Waals surface area contributed by atoms with Gasteiger partial charge in [0.2, 0.25) is 6.23 Å². The van der Waals surface area contributed by atoms with E-state index in [-0.39, 0.29) is 25.3 Å².